The molecule has 1 amide bonds. The number of benzene rings is 3. The van der Waals surface area contributed by atoms with Gasteiger partial charge in [-0.2, -0.15) is 5.10 Å². The Bertz CT molecular complexity index is 1440. The molecule has 0 saturated heterocycles. The van der Waals surface area contributed by atoms with E-state index in [1.165, 1.54) is 0 Å². The van der Waals surface area contributed by atoms with Crippen LogP contribution in [-0.2, 0) is 4.79 Å². The highest BCUT2D eigenvalue weighted by Gasteiger charge is 2.18. The summed E-state index contributed by atoms with van der Waals surface area (Å²) in [6.45, 7) is 3.89. The largest absolute Gasteiger partial charge is 0.436 e. The van der Waals surface area contributed by atoms with E-state index in [1.54, 1.807) is 18.3 Å². The Kier molecular flexibility index (Phi) is 5.44. The van der Waals surface area contributed by atoms with Crippen LogP contribution in [0.2, 0.25) is 5.02 Å². The van der Waals surface area contributed by atoms with Gasteiger partial charge in [-0.25, -0.2) is 4.98 Å². The van der Waals surface area contributed by atoms with E-state index in [9.17, 15) is 4.79 Å². The lowest BCUT2D eigenvalue weighted by atomic mass is 10.0. The topological polar surface area (TPSA) is 83.8 Å². The van der Waals surface area contributed by atoms with E-state index in [-0.39, 0.29) is 11.8 Å². The SMILES string of the molecule is Cc1ccc2oc(-c3c[nH]nc3-c3ccc(NC(=O)C(C)c4ccc(Cl)cc4)cc3)nc2c1. The first-order chi connectivity index (χ1) is 16.0. The van der Waals surface area contributed by atoms with Crippen LogP contribution in [0, 0.1) is 6.92 Å². The lowest BCUT2D eigenvalue weighted by molar-refractivity contribution is -0.117. The van der Waals surface area contributed by atoms with Crippen LogP contribution in [0.25, 0.3) is 33.8 Å². The highest BCUT2D eigenvalue weighted by molar-refractivity contribution is 6.30. The summed E-state index contributed by atoms with van der Waals surface area (Å²) in [5.74, 6) is 0.114. The zero-order chi connectivity index (χ0) is 22.9. The Morgan fingerprint density at radius 2 is 1.82 bits per heavy atom. The molecule has 2 N–H and O–H groups in total. The average Bonchev–Trinajstić information content (AvgIpc) is 3.46. The fraction of sp³-hybridized carbons (Fsp3) is 0.115. The van der Waals surface area contributed by atoms with Gasteiger partial charge >= 0.3 is 0 Å². The van der Waals surface area contributed by atoms with Crippen molar-refractivity contribution in [3.8, 4) is 22.7 Å². The van der Waals surface area contributed by atoms with Gasteiger partial charge in [0.05, 0.1) is 11.5 Å². The third-order valence-corrected chi connectivity index (χ3v) is 5.85. The van der Waals surface area contributed by atoms with Gasteiger partial charge in [-0.05, 0) is 61.4 Å². The molecule has 0 radical (unpaired) electrons. The second kappa shape index (κ2) is 8.56. The lowest BCUT2D eigenvalue weighted by Gasteiger charge is -2.13. The number of aromatic amines is 1. The number of carbonyl (C=O) groups excluding carboxylic acids is 1. The molecule has 0 saturated carbocycles. The minimum atomic E-state index is -0.303. The summed E-state index contributed by atoms with van der Waals surface area (Å²) in [6.07, 6.45) is 1.77. The third kappa shape index (κ3) is 4.25. The molecule has 3 aromatic carbocycles. The van der Waals surface area contributed by atoms with E-state index in [2.05, 4.69) is 20.5 Å². The minimum absolute atomic E-state index is 0.0905. The third-order valence-electron chi connectivity index (χ3n) is 5.60. The first-order valence-corrected chi connectivity index (χ1v) is 10.9. The second-order valence-electron chi connectivity index (χ2n) is 7.98. The number of carbonyl (C=O) groups is 1. The Morgan fingerprint density at radius 1 is 1.06 bits per heavy atom. The molecule has 0 fully saturated rings. The molecule has 6 nitrogen and oxygen atoms in total. The number of aryl methyl sites for hydroxylation is 1. The number of hydrogen-bond acceptors (Lipinski definition) is 4. The maximum Gasteiger partial charge on any atom is 0.231 e. The maximum atomic E-state index is 12.7. The number of hydrogen-bond donors (Lipinski definition) is 2. The number of halogens is 1. The van der Waals surface area contributed by atoms with Crippen molar-refractivity contribution in [3.63, 3.8) is 0 Å². The van der Waals surface area contributed by atoms with Crippen LogP contribution >= 0.6 is 11.6 Å². The van der Waals surface area contributed by atoms with Crippen LogP contribution in [0.15, 0.2) is 77.3 Å². The molecular weight excluding hydrogens is 436 g/mol. The van der Waals surface area contributed by atoms with Crippen molar-refractivity contribution >= 4 is 34.3 Å². The van der Waals surface area contributed by atoms with Crippen molar-refractivity contribution in [2.45, 2.75) is 19.8 Å². The van der Waals surface area contributed by atoms with Crippen LogP contribution in [0.1, 0.15) is 24.0 Å². The molecule has 2 aromatic heterocycles. The zero-order valence-electron chi connectivity index (χ0n) is 18.1. The van der Waals surface area contributed by atoms with Crippen LogP contribution in [-0.4, -0.2) is 21.1 Å². The van der Waals surface area contributed by atoms with Gasteiger partial charge in [0.25, 0.3) is 0 Å². The molecule has 0 aliphatic heterocycles. The van der Waals surface area contributed by atoms with Gasteiger partial charge in [0.1, 0.15) is 11.2 Å². The standard InChI is InChI=1S/C26H21ClN4O2/c1-15-3-12-23-22(13-15)30-26(33-23)21-14-28-31-24(21)18-6-10-20(11-7-18)29-25(32)16(2)17-4-8-19(27)9-5-17/h3-14,16H,1-2H3,(H,28,31)(H,29,32). The van der Waals surface area contributed by atoms with Crippen molar-refractivity contribution in [3.05, 3.63) is 89.1 Å². The molecular formula is C26H21ClN4O2. The molecule has 5 rings (SSSR count). The van der Waals surface area contributed by atoms with Gasteiger partial charge in [-0.3, -0.25) is 9.89 Å². The Morgan fingerprint density at radius 3 is 2.58 bits per heavy atom. The fourth-order valence-corrected chi connectivity index (χ4v) is 3.82. The van der Waals surface area contributed by atoms with E-state index in [1.807, 2.05) is 68.4 Å². The smallest absolute Gasteiger partial charge is 0.231 e. The molecule has 2 heterocycles. The molecule has 164 valence electrons. The summed E-state index contributed by atoms with van der Waals surface area (Å²) < 4.78 is 5.95. The van der Waals surface area contributed by atoms with Gasteiger partial charge in [-0.1, -0.05) is 41.9 Å². The lowest BCUT2D eigenvalue weighted by Crippen LogP contribution is -2.18. The van der Waals surface area contributed by atoms with Crippen LogP contribution in [0.5, 0.6) is 0 Å². The van der Waals surface area contributed by atoms with Crippen LogP contribution in [0.3, 0.4) is 0 Å². The predicted octanol–water partition coefficient (Wildman–Crippen LogP) is 6.59. The summed E-state index contributed by atoms with van der Waals surface area (Å²) in [5, 5.41) is 10.9. The van der Waals surface area contributed by atoms with Crippen molar-refractivity contribution in [2.24, 2.45) is 0 Å². The number of anilines is 1. The summed E-state index contributed by atoms with van der Waals surface area (Å²) in [7, 11) is 0. The highest BCUT2D eigenvalue weighted by atomic mass is 35.5. The van der Waals surface area contributed by atoms with Crippen molar-refractivity contribution in [1.82, 2.24) is 15.2 Å². The Balaban J connectivity index is 1.35. The van der Waals surface area contributed by atoms with E-state index in [4.69, 9.17) is 16.0 Å². The fourth-order valence-electron chi connectivity index (χ4n) is 3.69. The number of H-pyrrole nitrogens is 1. The molecule has 0 aliphatic carbocycles. The van der Waals surface area contributed by atoms with E-state index in [0.29, 0.717) is 16.6 Å². The molecule has 0 spiro atoms. The average molecular weight is 457 g/mol. The first kappa shape index (κ1) is 21.0. The highest BCUT2D eigenvalue weighted by Crippen LogP contribution is 2.32. The Labute approximate surface area is 195 Å². The van der Waals surface area contributed by atoms with Gasteiger partial charge in [0.15, 0.2) is 5.58 Å². The number of aromatic nitrogens is 3. The van der Waals surface area contributed by atoms with Gasteiger partial charge in [-0.15, -0.1) is 0 Å². The maximum absolute atomic E-state index is 12.7. The van der Waals surface area contributed by atoms with E-state index >= 15 is 0 Å². The molecule has 0 bridgehead atoms. The second-order valence-corrected chi connectivity index (χ2v) is 8.41. The number of fused-ring (bicyclic) bond motifs is 1. The summed E-state index contributed by atoms with van der Waals surface area (Å²) in [4.78, 5) is 17.3. The normalized spacial score (nSPS) is 12.1. The number of nitrogens with zero attached hydrogens (tertiary/aromatic N) is 2. The van der Waals surface area contributed by atoms with Crippen LogP contribution in [0.4, 0.5) is 5.69 Å². The number of nitrogens with one attached hydrogen (secondary N) is 2. The number of rotatable bonds is 5. The quantitative estimate of drug-likeness (QED) is 0.312. The van der Waals surface area contributed by atoms with Gasteiger partial charge in [0.2, 0.25) is 11.8 Å². The molecule has 7 heteroatoms. The van der Waals surface area contributed by atoms with Crippen LogP contribution < -0.4 is 5.32 Å². The van der Waals surface area contributed by atoms with Gasteiger partial charge in [0, 0.05) is 22.5 Å². The summed E-state index contributed by atoms with van der Waals surface area (Å²) in [5.41, 5.74) is 6.66. The van der Waals surface area contributed by atoms with Crippen molar-refractivity contribution in [2.75, 3.05) is 5.32 Å². The van der Waals surface area contributed by atoms with Crippen molar-refractivity contribution in [1.29, 1.82) is 0 Å². The monoisotopic (exact) mass is 456 g/mol. The molecule has 5 aromatic rings. The molecule has 1 unspecified atom stereocenters. The number of amides is 1. The summed E-state index contributed by atoms with van der Waals surface area (Å²) in [6, 6.07) is 20.7. The van der Waals surface area contributed by atoms with E-state index < -0.39 is 0 Å². The Hall–Kier alpha value is -3.90. The molecule has 1 atom stereocenters. The predicted molar refractivity (Wildman–Crippen MR) is 130 cm³/mol. The molecule has 0 aliphatic rings. The molecule has 33 heavy (non-hydrogen) atoms. The minimum Gasteiger partial charge on any atom is -0.436 e. The summed E-state index contributed by atoms with van der Waals surface area (Å²) >= 11 is 5.94. The van der Waals surface area contributed by atoms with Crippen molar-refractivity contribution < 1.29 is 9.21 Å². The number of oxazole rings is 1. The van der Waals surface area contributed by atoms with Gasteiger partial charge < -0.3 is 9.73 Å². The van der Waals surface area contributed by atoms with E-state index in [0.717, 1.165) is 39.0 Å². The zero-order valence-corrected chi connectivity index (χ0v) is 18.9. The first-order valence-electron chi connectivity index (χ1n) is 10.6.